The third-order valence-electron chi connectivity index (χ3n) is 10.7. The van der Waals surface area contributed by atoms with E-state index in [0.29, 0.717) is 17.4 Å². The zero-order valence-electron chi connectivity index (χ0n) is 41.6. The molecule has 2 unspecified atom stereocenters. The van der Waals surface area contributed by atoms with Crippen LogP contribution >= 0.6 is 0 Å². The monoisotopic (exact) mass is 898 g/mol. The Balaban J connectivity index is 4.37. The molecule has 0 aliphatic rings. The van der Waals surface area contributed by atoms with Crippen LogP contribution < -0.4 is 5.11 Å². The Morgan fingerprint density at radius 1 is 0.484 bits per heavy atom. The van der Waals surface area contributed by atoms with Gasteiger partial charge in [-0.3, -0.25) is 9.59 Å². The van der Waals surface area contributed by atoms with Crippen molar-refractivity contribution in [3.05, 3.63) is 72.9 Å². The fraction of sp³-hybridized carbons (Fsp3) is 0.727. The topological polar surface area (TPSA) is 111 Å². The minimum atomic E-state index is -1.63. The van der Waals surface area contributed by atoms with Crippen LogP contribution in [0.15, 0.2) is 72.9 Å². The number of aliphatic carboxylic acids is 1. The third-order valence-corrected chi connectivity index (χ3v) is 10.7. The van der Waals surface area contributed by atoms with Gasteiger partial charge in [-0.15, -0.1) is 0 Å². The molecule has 0 fully saturated rings. The SMILES string of the molecule is CC/C=C\C/C=C\C/C=C\C/C=C\C/C=C\C/C=C\CCCCCCCCC(=O)OC(COC(=O)CCCCCCCCCCCCCCCC)COC(OCC[N+](C)(C)C)C(=O)[O-]. The maximum Gasteiger partial charge on any atom is 0.306 e. The van der Waals surface area contributed by atoms with Crippen molar-refractivity contribution >= 4 is 17.9 Å². The van der Waals surface area contributed by atoms with Crippen molar-refractivity contribution in [1.82, 2.24) is 0 Å². The van der Waals surface area contributed by atoms with Crippen LogP contribution in [0.5, 0.6) is 0 Å². The summed E-state index contributed by atoms with van der Waals surface area (Å²) in [6.45, 7) is 4.61. The maximum atomic E-state index is 12.8. The molecule has 0 radical (unpaired) electrons. The van der Waals surface area contributed by atoms with Crippen LogP contribution in [-0.4, -0.2) is 82.3 Å². The Labute approximate surface area is 392 Å². The molecule has 64 heavy (non-hydrogen) atoms. The number of ether oxygens (including phenoxy) is 4. The first-order valence-corrected chi connectivity index (χ1v) is 25.6. The van der Waals surface area contributed by atoms with Gasteiger partial charge in [0, 0.05) is 12.8 Å². The lowest BCUT2D eigenvalue weighted by molar-refractivity contribution is -0.870. The number of nitrogens with zero attached hydrogens (tertiary/aromatic N) is 1. The zero-order chi connectivity index (χ0) is 47.0. The van der Waals surface area contributed by atoms with E-state index in [1.165, 1.54) is 70.6 Å². The van der Waals surface area contributed by atoms with E-state index >= 15 is 0 Å². The number of likely N-dealkylation sites (N-methyl/N-ethyl adjacent to an activating group) is 1. The maximum absolute atomic E-state index is 12.8. The molecule has 9 nitrogen and oxygen atoms in total. The number of carboxylic acids is 1. The first-order chi connectivity index (χ1) is 31.1. The smallest absolute Gasteiger partial charge is 0.306 e. The van der Waals surface area contributed by atoms with Crippen molar-refractivity contribution in [1.29, 1.82) is 0 Å². The molecule has 0 saturated heterocycles. The van der Waals surface area contributed by atoms with Crippen molar-refractivity contribution < 1.29 is 42.9 Å². The highest BCUT2D eigenvalue weighted by Gasteiger charge is 2.21. The molecule has 0 aromatic rings. The van der Waals surface area contributed by atoms with Crippen LogP contribution in [0.2, 0.25) is 0 Å². The third kappa shape index (κ3) is 46.7. The standard InChI is InChI=1S/C55H95NO8/c1-6-8-10-12-14-16-18-20-22-23-24-25-26-27-28-29-30-31-32-34-36-38-40-42-44-46-53(58)64-51(50-63-55(54(59)60)61-48-47-56(3,4)5)49-62-52(57)45-43-41-39-37-35-33-21-19-17-15-13-11-9-7-2/h8,10,14,16,20,22,24-25,27-28,30-31,51,55H,6-7,9,11-13,15,17-19,21,23,26,29,32-50H2,1-5H3/b10-8-,16-14-,22-20-,25-24-,28-27-,31-30-. The predicted molar refractivity (Wildman–Crippen MR) is 265 cm³/mol. The number of hydrogen-bond donors (Lipinski definition) is 0. The fourth-order valence-corrected chi connectivity index (χ4v) is 6.77. The Hall–Kier alpha value is -3.27. The van der Waals surface area contributed by atoms with Crippen LogP contribution in [0.1, 0.15) is 200 Å². The van der Waals surface area contributed by atoms with E-state index in [1.54, 1.807) is 0 Å². The molecule has 0 bridgehead atoms. The number of unbranched alkanes of at least 4 members (excludes halogenated alkanes) is 19. The van der Waals surface area contributed by atoms with E-state index in [2.05, 4.69) is 86.8 Å². The summed E-state index contributed by atoms with van der Waals surface area (Å²) < 4.78 is 22.6. The van der Waals surface area contributed by atoms with Gasteiger partial charge in [0.05, 0.1) is 40.3 Å². The predicted octanol–water partition coefficient (Wildman–Crippen LogP) is 12.9. The van der Waals surface area contributed by atoms with Gasteiger partial charge in [0.1, 0.15) is 13.2 Å². The van der Waals surface area contributed by atoms with Crippen molar-refractivity contribution in [2.24, 2.45) is 0 Å². The Morgan fingerprint density at radius 3 is 1.33 bits per heavy atom. The molecule has 2 atom stereocenters. The normalized spacial score (nSPS) is 13.5. The summed E-state index contributed by atoms with van der Waals surface area (Å²) in [7, 11) is 5.90. The molecule has 0 N–H and O–H groups in total. The molecular formula is C55H95NO8. The Kier molecular flexibility index (Phi) is 43.9. The van der Waals surface area contributed by atoms with Gasteiger partial charge in [-0.1, -0.05) is 196 Å². The minimum Gasteiger partial charge on any atom is -0.545 e. The van der Waals surface area contributed by atoms with Crippen molar-refractivity contribution in [3.63, 3.8) is 0 Å². The van der Waals surface area contributed by atoms with E-state index in [0.717, 1.165) is 96.3 Å². The Bertz CT molecular complexity index is 1280. The van der Waals surface area contributed by atoms with Gasteiger partial charge in [0.2, 0.25) is 0 Å². The molecule has 0 aliphatic carbocycles. The molecule has 0 amide bonds. The number of allylic oxidation sites excluding steroid dienone is 12. The van der Waals surface area contributed by atoms with Crippen molar-refractivity contribution in [3.8, 4) is 0 Å². The molecule has 0 spiro atoms. The van der Waals surface area contributed by atoms with E-state index in [9.17, 15) is 19.5 Å². The number of quaternary nitrogens is 1. The zero-order valence-corrected chi connectivity index (χ0v) is 41.6. The van der Waals surface area contributed by atoms with Gasteiger partial charge in [-0.25, -0.2) is 0 Å². The number of rotatable bonds is 46. The summed E-state index contributed by atoms with van der Waals surface area (Å²) in [5.41, 5.74) is 0. The van der Waals surface area contributed by atoms with Crippen LogP contribution in [-0.2, 0) is 33.3 Å². The Morgan fingerprint density at radius 2 is 0.891 bits per heavy atom. The summed E-state index contributed by atoms with van der Waals surface area (Å²) in [5, 5.41) is 11.7. The van der Waals surface area contributed by atoms with E-state index in [-0.39, 0.29) is 38.6 Å². The number of carboxylic acid groups (broad SMARTS) is 1. The quantitative estimate of drug-likeness (QED) is 0.0195. The van der Waals surface area contributed by atoms with Gasteiger partial charge in [-0.2, -0.15) is 0 Å². The summed E-state index contributed by atoms with van der Waals surface area (Å²) in [6.07, 6.45) is 55.0. The highest BCUT2D eigenvalue weighted by atomic mass is 16.7. The second-order valence-electron chi connectivity index (χ2n) is 18.1. The van der Waals surface area contributed by atoms with Crippen LogP contribution in [0.3, 0.4) is 0 Å². The van der Waals surface area contributed by atoms with Crippen LogP contribution in [0.25, 0.3) is 0 Å². The molecule has 0 aliphatic heterocycles. The molecule has 0 heterocycles. The van der Waals surface area contributed by atoms with E-state index in [1.807, 2.05) is 21.1 Å². The molecule has 0 aromatic carbocycles. The average Bonchev–Trinajstić information content (AvgIpc) is 3.26. The second kappa shape index (κ2) is 46.3. The summed E-state index contributed by atoms with van der Waals surface area (Å²) in [5.74, 6) is -2.31. The van der Waals surface area contributed by atoms with Crippen LogP contribution in [0.4, 0.5) is 0 Å². The van der Waals surface area contributed by atoms with Crippen molar-refractivity contribution in [2.45, 2.75) is 212 Å². The summed E-state index contributed by atoms with van der Waals surface area (Å²) in [4.78, 5) is 37.1. The van der Waals surface area contributed by atoms with Gasteiger partial charge in [0.15, 0.2) is 12.4 Å². The van der Waals surface area contributed by atoms with Gasteiger partial charge < -0.3 is 33.3 Å². The lowest BCUT2D eigenvalue weighted by atomic mass is 10.0. The largest absolute Gasteiger partial charge is 0.545 e. The van der Waals surface area contributed by atoms with Gasteiger partial charge in [0.25, 0.3) is 0 Å². The number of hydrogen-bond acceptors (Lipinski definition) is 8. The lowest BCUT2D eigenvalue weighted by Gasteiger charge is -2.26. The van der Waals surface area contributed by atoms with E-state index < -0.39 is 24.3 Å². The summed E-state index contributed by atoms with van der Waals surface area (Å²) >= 11 is 0. The van der Waals surface area contributed by atoms with Gasteiger partial charge in [-0.05, 0) is 64.2 Å². The molecular weight excluding hydrogens is 803 g/mol. The van der Waals surface area contributed by atoms with Gasteiger partial charge >= 0.3 is 11.9 Å². The van der Waals surface area contributed by atoms with Crippen LogP contribution in [0, 0.1) is 0 Å². The van der Waals surface area contributed by atoms with E-state index in [4.69, 9.17) is 18.9 Å². The highest BCUT2D eigenvalue weighted by Crippen LogP contribution is 2.15. The second-order valence-corrected chi connectivity index (χ2v) is 18.1. The molecule has 368 valence electrons. The molecule has 0 rings (SSSR count). The number of carbonyl (C=O) groups is 3. The molecule has 9 heteroatoms. The minimum absolute atomic E-state index is 0.142. The average molecular weight is 898 g/mol. The first kappa shape index (κ1) is 60.7. The first-order valence-electron chi connectivity index (χ1n) is 25.6. The molecule has 0 saturated carbocycles. The number of esters is 2. The summed E-state index contributed by atoms with van der Waals surface area (Å²) in [6, 6.07) is 0. The fourth-order valence-electron chi connectivity index (χ4n) is 6.77. The highest BCUT2D eigenvalue weighted by molar-refractivity contribution is 5.70. The lowest BCUT2D eigenvalue weighted by Crippen LogP contribution is -2.44. The number of carbonyl (C=O) groups excluding carboxylic acids is 3. The molecule has 0 aromatic heterocycles. The van der Waals surface area contributed by atoms with Crippen molar-refractivity contribution in [2.75, 3.05) is 47.5 Å².